The second kappa shape index (κ2) is 5.43. The molecule has 0 radical (unpaired) electrons. The third-order valence-electron chi connectivity index (χ3n) is 2.09. The van der Waals surface area contributed by atoms with Crippen LogP contribution >= 0.6 is 0 Å². The molecule has 80 valence electrons. The number of nitrogens with two attached hydrogens (primary N) is 1. The summed E-state index contributed by atoms with van der Waals surface area (Å²) < 4.78 is 0. The number of amides is 3. The average Bonchev–Trinajstić information content (AvgIpc) is 2.16. The number of urea groups is 1. The third-order valence-corrected chi connectivity index (χ3v) is 2.09. The highest BCUT2D eigenvalue weighted by Gasteiger charge is 2.14. The van der Waals surface area contributed by atoms with E-state index in [2.05, 4.69) is 16.0 Å². The number of primary amides is 1. The van der Waals surface area contributed by atoms with Gasteiger partial charge in [-0.3, -0.25) is 4.79 Å². The summed E-state index contributed by atoms with van der Waals surface area (Å²) in [5.41, 5.74) is 4.83. The van der Waals surface area contributed by atoms with Gasteiger partial charge in [0.2, 0.25) is 5.91 Å². The van der Waals surface area contributed by atoms with Crippen LogP contribution in [0.4, 0.5) is 4.79 Å². The highest BCUT2D eigenvalue weighted by molar-refractivity contribution is 5.83. The van der Waals surface area contributed by atoms with Crippen molar-refractivity contribution in [2.75, 3.05) is 19.6 Å². The van der Waals surface area contributed by atoms with E-state index in [1.165, 1.54) is 0 Å². The lowest BCUT2D eigenvalue weighted by molar-refractivity contribution is -0.120. The van der Waals surface area contributed by atoms with Crippen LogP contribution in [0.5, 0.6) is 0 Å². The van der Waals surface area contributed by atoms with Crippen molar-refractivity contribution in [1.82, 2.24) is 16.0 Å². The Morgan fingerprint density at radius 3 is 2.86 bits per heavy atom. The van der Waals surface area contributed by atoms with Gasteiger partial charge in [0.1, 0.15) is 0 Å². The van der Waals surface area contributed by atoms with E-state index in [1.54, 1.807) is 0 Å². The standard InChI is InChI=1S/C8H16N4O2/c9-8(14)11-5-7(13)12-6-2-1-3-10-4-6/h6,10H,1-5H2,(H,12,13)(H3,9,11,14). The minimum absolute atomic E-state index is 0.0498. The maximum Gasteiger partial charge on any atom is 0.312 e. The van der Waals surface area contributed by atoms with Crippen LogP contribution in [-0.2, 0) is 4.79 Å². The fourth-order valence-corrected chi connectivity index (χ4v) is 1.42. The minimum Gasteiger partial charge on any atom is -0.352 e. The number of hydrogen-bond acceptors (Lipinski definition) is 3. The lowest BCUT2D eigenvalue weighted by atomic mass is 10.1. The number of hydrogen-bond donors (Lipinski definition) is 4. The van der Waals surface area contributed by atoms with Gasteiger partial charge in [0.25, 0.3) is 0 Å². The molecule has 1 aliphatic rings. The molecular weight excluding hydrogens is 184 g/mol. The summed E-state index contributed by atoms with van der Waals surface area (Å²) in [5, 5.41) is 8.22. The molecule has 6 heteroatoms. The SMILES string of the molecule is NC(=O)NCC(=O)NC1CCCNC1. The zero-order chi connectivity index (χ0) is 10.4. The summed E-state index contributed by atoms with van der Waals surface area (Å²) in [6.07, 6.45) is 2.05. The Labute approximate surface area is 82.6 Å². The van der Waals surface area contributed by atoms with Crippen LogP contribution in [0.2, 0.25) is 0 Å². The van der Waals surface area contributed by atoms with Gasteiger partial charge in [-0.05, 0) is 19.4 Å². The second-order valence-corrected chi connectivity index (χ2v) is 3.33. The number of carbonyl (C=O) groups is 2. The summed E-state index contributed by atoms with van der Waals surface area (Å²) in [7, 11) is 0. The van der Waals surface area contributed by atoms with E-state index in [0.29, 0.717) is 0 Å². The molecule has 0 aromatic heterocycles. The van der Waals surface area contributed by atoms with Gasteiger partial charge in [-0.2, -0.15) is 0 Å². The summed E-state index contributed by atoms with van der Waals surface area (Å²) in [5.74, 6) is -0.197. The number of piperidine rings is 1. The van der Waals surface area contributed by atoms with Gasteiger partial charge < -0.3 is 21.7 Å². The van der Waals surface area contributed by atoms with E-state index in [9.17, 15) is 9.59 Å². The molecule has 1 heterocycles. The Morgan fingerprint density at radius 2 is 2.29 bits per heavy atom. The normalized spacial score (nSPS) is 21.3. The van der Waals surface area contributed by atoms with Gasteiger partial charge in [-0.15, -0.1) is 0 Å². The summed E-state index contributed by atoms with van der Waals surface area (Å²) in [6.45, 7) is 1.75. The van der Waals surface area contributed by atoms with Crippen molar-refractivity contribution in [3.05, 3.63) is 0 Å². The Kier molecular flexibility index (Phi) is 4.18. The van der Waals surface area contributed by atoms with E-state index in [-0.39, 0.29) is 18.5 Å². The van der Waals surface area contributed by atoms with Crippen molar-refractivity contribution in [2.45, 2.75) is 18.9 Å². The van der Waals surface area contributed by atoms with Crippen molar-refractivity contribution < 1.29 is 9.59 Å². The molecule has 3 amide bonds. The van der Waals surface area contributed by atoms with Crippen LogP contribution in [0.3, 0.4) is 0 Å². The Morgan fingerprint density at radius 1 is 1.50 bits per heavy atom. The summed E-state index contributed by atoms with van der Waals surface area (Å²) >= 11 is 0. The first kappa shape index (κ1) is 10.8. The predicted molar refractivity (Wildman–Crippen MR) is 51.6 cm³/mol. The zero-order valence-corrected chi connectivity index (χ0v) is 8.01. The van der Waals surface area contributed by atoms with Crippen molar-refractivity contribution >= 4 is 11.9 Å². The number of carbonyl (C=O) groups excluding carboxylic acids is 2. The molecule has 1 atom stereocenters. The largest absolute Gasteiger partial charge is 0.352 e. The highest BCUT2D eigenvalue weighted by atomic mass is 16.2. The van der Waals surface area contributed by atoms with Crippen molar-refractivity contribution in [3.63, 3.8) is 0 Å². The van der Waals surface area contributed by atoms with Crippen LogP contribution in [0, 0.1) is 0 Å². The predicted octanol–water partition coefficient (Wildman–Crippen LogP) is -1.48. The zero-order valence-electron chi connectivity index (χ0n) is 8.01. The molecule has 1 aliphatic heterocycles. The summed E-state index contributed by atoms with van der Waals surface area (Å²) in [6, 6.07) is -0.507. The van der Waals surface area contributed by atoms with Gasteiger partial charge in [0.05, 0.1) is 6.54 Å². The monoisotopic (exact) mass is 200 g/mol. The minimum atomic E-state index is -0.679. The molecule has 1 fully saturated rings. The van der Waals surface area contributed by atoms with Crippen LogP contribution in [0.15, 0.2) is 0 Å². The molecule has 1 saturated heterocycles. The van der Waals surface area contributed by atoms with Crippen LogP contribution in [-0.4, -0.2) is 37.6 Å². The van der Waals surface area contributed by atoms with Gasteiger partial charge >= 0.3 is 6.03 Å². The third kappa shape index (κ3) is 4.08. The fourth-order valence-electron chi connectivity index (χ4n) is 1.42. The molecule has 1 rings (SSSR count). The first-order valence-electron chi connectivity index (χ1n) is 4.72. The van der Waals surface area contributed by atoms with Crippen molar-refractivity contribution in [1.29, 1.82) is 0 Å². The molecule has 0 aliphatic carbocycles. The molecule has 0 spiro atoms. The van der Waals surface area contributed by atoms with E-state index < -0.39 is 6.03 Å². The molecular formula is C8H16N4O2. The van der Waals surface area contributed by atoms with Crippen LogP contribution < -0.4 is 21.7 Å². The second-order valence-electron chi connectivity index (χ2n) is 3.33. The molecule has 0 saturated carbocycles. The molecule has 5 N–H and O–H groups in total. The molecule has 0 bridgehead atoms. The number of nitrogens with one attached hydrogen (secondary N) is 3. The Hall–Kier alpha value is -1.30. The first-order chi connectivity index (χ1) is 6.68. The van der Waals surface area contributed by atoms with E-state index in [0.717, 1.165) is 25.9 Å². The maximum atomic E-state index is 11.2. The topological polar surface area (TPSA) is 96.2 Å². The van der Waals surface area contributed by atoms with Crippen molar-refractivity contribution in [2.24, 2.45) is 5.73 Å². The van der Waals surface area contributed by atoms with E-state index >= 15 is 0 Å². The fraction of sp³-hybridized carbons (Fsp3) is 0.750. The quantitative estimate of drug-likeness (QED) is 0.447. The van der Waals surface area contributed by atoms with Gasteiger partial charge in [-0.25, -0.2) is 4.79 Å². The molecule has 1 unspecified atom stereocenters. The van der Waals surface area contributed by atoms with Gasteiger partial charge in [0, 0.05) is 12.6 Å². The lowest BCUT2D eigenvalue weighted by Crippen LogP contribution is -2.49. The molecule has 6 nitrogen and oxygen atoms in total. The first-order valence-corrected chi connectivity index (χ1v) is 4.72. The average molecular weight is 200 g/mol. The van der Waals surface area contributed by atoms with Crippen LogP contribution in [0.1, 0.15) is 12.8 Å². The molecule has 14 heavy (non-hydrogen) atoms. The maximum absolute atomic E-state index is 11.2. The van der Waals surface area contributed by atoms with Gasteiger partial charge in [0.15, 0.2) is 0 Å². The highest BCUT2D eigenvalue weighted by Crippen LogP contribution is 2.00. The van der Waals surface area contributed by atoms with Crippen LogP contribution in [0.25, 0.3) is 0 Å². The van der Waals surface area contributed by atoms with E-state index in [4.69, 9.17) is 5.73 Å². The van der Waals surface area contributed by atoms with Crippen molar-refractivity contribution in [3.8, 4) is 0 Å². The lowest BCUT2D eigenvalue weighted by Gasteiger charge is -2.23. The smallest absolute Gasteiger partial charge is 0.312 e. The Balaban J connectivity index is 2.15. The summed E-state index contributed by atoms with van der Waals surface area (Å²) in [4.78, 5) is 21.5. The molecule has 0 aromatic rings. The molecule has 0 aromatic carbocycles. The number of rotatable bonds is 3. The Bertz CT molecular complexity index is 213. The van der Waals surface area contributed by atoms with E-state index in [1.807, 2.05) is 0 Å². The van der Waals surface area contributed by atoms with Gasteiger partial charge in [-0.1, -0.05) is 0 Å².